The number of aryl methyl sites for hydroxylation is 1. The number of hydrogen-bond acceptors (Lipinski definition) is 2. The van der Waals surface area contributed by atoms with Gasteiger partial charge in [0.05, 0.1) is 18.3 Å². The lowest BCUT2D eigenvalue weighted by molar-refractivity contribution is 0.557. The predicted molar refractivity (Wildman–Crippen MR) is 52.1 cm³/mol. The standard InChI is InChI=1S/C11H12N2/c1-2-7-12-10-6-5-9-4-3-8-13-11(9)10/h1,3-4,8,10,12H,5-7H2. The highest BCUT2D eigenvalue weighted by molar-refractivity contribution is 5.28. The zero-order valence-corrected chi connectivity index (χ0v) is 7.46. The van der Waals surface area contributed by atoms with Crippen LogP contribution in [0.4, 0.5) is 0 Å². The second-order valence-corrected chi connectivity index (χ2v) is 3.22. The van der Waals surface area contributed by atoms with Crippen molar-refractivity contribution in [2.45, 2.75) is 18.9 Å². The maximum atomic E-state index is 5.19. The first kappa shape index (κ1) is 8.28. The van der Waals surface area contributed by atoms with Gasteiger partial charge in [-0.1, -0.05) is 12.0 Å². The summed E-state index contributed by atoms with van der Waals surface area (Å²) in [6.07, 6.45) is 9.27. The zero-order chi connectivity index (χ0) is 9.10. The Balaban J connectivity index is 2.15. The molecule has 66 valence electrons. The van der Waals surface area contributed by atoms with Crippen LogP contribution in [0.2, 0.25) is 0 Å². The topological polar surface area (TPSA) is 24.9 Å². The van der Waals surface area contributed by atoms with Crippen LogP contribution in [0.25, 0.3) is 0 Å². The van der Waals surface area contributed by atoms with Gasteiger partial charge in [0.25, 0.3) is 0 Å². The van der Waals surface area contributed by atoms with Crippen molar-refractivity contribution >= 4 is 0 Å². The molecule has 0 aliphatic heterocycles. The molecule has 1 atom stereocenters. The van der Waals surface area contributed by atoms with Crippen molar-refractivity contribution in [3.05, 3.63) is 29.6 Å². The summed E-state index contributed by atoms with van der Waals surface area (Å²) in [7, 11) is 0. The van der Waals surface area contributed by atoms with E-state index in [1.54, 1.807) is 0 Å². The molecule has 0 spiro atoms. The van der Waals surface area contributed by atoms with Crippen LogP contribution >= 0.6 is 0 Å². The van der Waals surface area contributed by atoms with Gasteiger partial charge < -0.3 is 0 Å². The quantitative estimate of drug-likeness (QED) is 0.680. The molecule has 0 bridgehead atoms. The number of rotatable bonds is 2. The molecule has 0 amide bonds. The summed E-state index contributed by atoms with van der Waals surface area (Å²) in [5, 5.41) is 3.29. The third-order valence-corrected chi connectivity index (χ3v) is 2.41. The van der Waals surface area contributed by atoms with E-state index in [0.717, 1.165) is 12.8 Å². The Bertz CT molecular complexity index is 338. The molecule has 0 saturated carbocycles. The average molecular weight is 172 g/mol. The molecule has 1 aromatic rings. The van der Waals surface area contributed by atoms with E-state index in [2.05, 4.69) is 22.3 Å². The minimum absolute atomic E-state index is 0.368. The van der Waals surface area contributed by atoms with Gasteiger partial charge in [0.1, 0.15) is 0 Å². The molecule has 0 aromatic carbocycles. The van der Waals surface area contributed by atoms with Crippen LogP contribution in [-0.4, -0.2) is 11.5 Å². The van der Waals surface area contributed by atoms with Crippen molar-refractivity contribution in [1.29, 1.82) is 0 Å². The Morgan fingerprint density at radius 1 is 1.69 bits per heavy atom. The molecule has 2 rings (SSSR count). The highest BCUT2D eigenvalue weighted by Crippen LogP contribution is 2.28. The third-order valence-electron chi connectivity index (χ3n) is 2.41. The second kappa shape index (κ2) is 3.59. The molecule has 0 fully saturated rings. The lowest BCUT2D eigenvalue weighted by atomic mass is 10.2. The summed E-state index contributed by atoms with van der Waals surface area (Å²) < 4.78 is 0. The van der Waals surface area contributed by atoms with Crippen LogP contribution in [-0.2, 0) is 6.42 Å². The van der Waals surface area contributed by atoms with E-state index in [0.29, 0.717) is 12.6 Å². The smallest absolute Gasteiger partial charge is 0.0605 e. The Kier molecular flexibility index (Phi) is 2.29. The Labute approximate surface area is 78.4 Å². The summed E-state index contributed by atoms with van der Waals surface area (Å²) in [4.78, 5) is 4.36. The largest absolute Gasteiger partial charge is 0.298 e. The molecule has 1 aliphatic rings. The van der Waals surface area contributed by atoms with E-state index < -0.39 is 0 Å². The number of nitrogens with one attached hydrogen (secondary N) is 1. The first-order chi connectivity index (χ1) is 6.42. The van der Waals surface area contributed by atoms with E-state index in [1.807, 2.05) is 12.3 Å². The zero-order valence-electron chi connectivity index (χ0n) is 7.46. The van der Waals surface area contributed by atoms with Crippen LogP contribution in [0.15, 0.2) is 18.3 Å². The molecule has 0 saturated heterocycles. The minimum Gasteiger partial charge on any atom is -0.298 e. The SMILES string of the molecule is C#CCNC1CCc2cccnc21. The van der Waals surface area contributed by atoms with Crippen molar-refractivity contribution < 1.29 is 0 Å². The summed E-state index contributed by atoms with van der Waals surface area (Å²) in [6, 6.07) is 4.50. The van der Waals surface area contributed by atoms with Crippen molar-refractivity contribution in [3.63, 3.8) is 0 Å². The molecule has 13 heavy (non-hydrogen) atoms. The number of terminal acetylenes is 1. The molecule has 1 aromatic heterocycles. The number of hydrogen-bond donors (Lipinski definition) is 1. The van der Waals surface area contributed by atoms with Gasteiger partial charge in [-0.25, -0.2) is 0 Å². The van der Waals surface area contributed by atoms with E-state index in [4.69, 9.17) is 6.42 Å². The minimum atomic E-state index is 0.368. The van der Waals surface area contributed by atoms with Crippen LogP contribution in [0, 0.1) is 12.3 Å². The Morgan fingerprint density at radius 2 is 2.62 bits per heavy atom. The lowest BCUT2D eigenvalue weighted by Gasteiger charge is -2.09. The molecule has 1 N–H and O–H groups in total. The van der Waals surface area contributed by atoms with Crippen LogP contribution in [0.1, 0.15) is 23.7 Å². The van der Waals surface area contributed by atoms with E-state index >= 15 is 0 Å². The highest BCUT2D eigenvalue weighted by Gasteiger charge is 2.22. The maximum absolute atomic E-state index is 5.19. The Morgan fingerprint density at radius 3 is 3.46 bits per heavy atom. The van der Waals surface area contributed by atoms with E-state index in [9.17, 15) is 0 Å². The van der Waals surface area contributed by atoms with Gasteiger partial charge >= 0.3 is 0 Å². The molecule has 2 nitrogen and oxygen atoms in total. The van der Waals surface area contributed by atoms with Gasteiger partial charge in [-0.05, 0) is 24.5 Å². The van der Waals surface area contributed by atoms with Crippen LogP contribution < -0.4 is 5.32 Å². The van der Waals surface area contributed by atoms with Gasteiger partial charge in [0.15, 0.2) is 0 Å². The normalized spacial score (nSPS) is 19.5. The molecular weight excluding hydrogens is 160 g/mol. The maximum Gasteiger partial charge on any atom is 0.0605 e. The summed E-state index contributed by atoms with van der Waals surface area (Å²) in [6.45, 7) is 0.626. The van der Waals surface area contributed by atoms with Gasteiger partial charge in [0.2, 0.25) is 0 Å². The molecular formula is C11H12N2. The predicted octanol–water partition coefficient (Wildman–Crippen LogP) is 1.29. The number of aromatic nitrogens is 1. The summed E-state index contributed by atoms with van der Waals surface area (Å²) in [5.41, 5.74) is 2.54. The lowest BCUT2D eigenvalue weighted by Crippen LogP contribution is -2.19. The van der Waals surface area contributed by atoms with Crippen molar-refractivity contribution in [2.24, 2.45) is 0 Å². The fraction of sp³-hybridized carbons (Fsp3) is 0.364. The van der Waals surface area contributed by atoms with Gasteiger partial charge in [-0.3, -0.25) is 10.3 Å². The molecule has 1 aliphatic carbocycles. The summed E-state index contributed by atoms with van der Waals surface area (Å²) >= 11 is 0. The number of pyridine rings is 1. The molecule has 1 unspecified atom stereocenters. The fourth-order valence-electron chi connectivity index (χ4n) is 1.79. The molecule has 1 heterocycles. The van der Waals surface area contributed by atoms with Crippen molar-refractivity contribution in [2.75, 3.05) is 6.54 Å². The fourth-order valence-corrected chi connectivity index (χ4v) is 1.79. The summed E-state index contributed by atoms with van der Waals surface area (Å²) in [5.74, 6) is 2.59. The van der Waals surface area contributed by atoms with Crippen LogP contribution in [0.3, 0.4) is 0 Å². The van der Waals surface area contributed by atoms with Crippen molar-refractivity contribution in [1.82, 2.24) is 10.3 Å². The molecule has 0 radical (unpaired) electrons. The highest BCUT2D eigenvalue weighted by atomic mass is 14.9. The van der Waals surface area contributed by atoms with Gasteiger partial charge in [-0.15, -0.1) is 6.42 Å². The average Bonchev–Trinajstić information content (AvgIpc) is 2.58. The molecule has 2 heteroatoms. The van der Waals surface area contributed by atoms with Gasteiger partial charge in [0, 0.05) is 6.20 Å². The second-order valence-electron chi connectivity index (χ2n) is 3.22. The number of nitrogens with zero attached hydrogens (tertiary/aromatic N) is 1. The first-order valence-corrected chi connectivity index (χ1v) is 4.52. The monoisotopic (exact) mass is 172 g/mol. The van der Waals surface area contributed by atoms with E-state index in [-0.39, 0.29) is 0 Å². The van der Waals surface area contributed by atoms with Crippen LogP contribution in [0.5, 0.6) is 0 Å². The van der Waals surface area contributed by atoms with Crippen molar-refractivity contribution in [3.8, 4) is 12.3 Å². The first-order valence-electron chi connectivity index (χ1n) is 4.52. The number of fused-ring (bicyclic) bond motifs is 1. The van der Waals surface area contributed by atoms with E-state index in [1.165, 1.54) is 11.3 Å². The van der Waals surface area contributed by atoms with Gasteiger partial charge in [-0.2, -0.15) is 0 Å². The third kappa shape index (κ3) is 1.56. The Hall–Kier alpha value is -1.33.